The second kappa shape index (κ2) is 9.24. The Balaban J connectivity index is 1.75. The van der Waals surface area contributed by atoms with Crippen molar-refractivity contribution in [1.29, 1.82) is 5.26 Å². The fourth-order valence-electron chi connectivity index (χ4n) is 2.75. The summed E-state index contributed by atoms with van der Waals surface area (Å²) in [5, 5.41) is 27.6. The van der Waals surface area contributed by atoms with Gasteiger partial charge in [-0.1, -0.05) is 29.3 Å². The van der Waals surface area contributed by atoms with Gasteiger partial charge in [-0.05, 0) is 36.4 Å². The van der Waals surface area contributed by atoms with E-state index in [4.69, 9.17) is 28.5 Å². The highest BCUT2D eigenvalue weighted by atomic mass is 35.5. The van der Waals surface area contributed by atoms with Crippen molar-refractivity contribution in [2.24, 2.45) is 0 Å². The molecular weight excluding hydrogens is 413 g/mol. The van der Waals surface area contributed by atoms with Crippen LogP contribution in [0.2, 0.25) is 10.0 Å². The molecule has 7 nitrogen and oxygen atoms in total. The lowest BCUT2D eigenvalue weighted by Crippen LogP contribution is -2.15. The lowest BCUT2D eigenvalue weighted by molar-refractivity contribution is -0.384. The van der Waals surface area contributed by atoms with Crippen LogP contribution in [0.15, 0.2) is 54.7 Å². The zero-order valence-electron chi connectivity index (χ0n) is 15.0. The Bertz CT molecular complexity index is 1100. The Morgan fingerprint density at radius 3 is 2.59 bits per heavy atom. The predicted molar refractivity (Wildman–Crippen MR) is 114 cm³/mol. The normalized spacial score (nSPS) is 10.2. The first-order valence-electron chi connectivity index (χ1n) is 8.56. The molecule has 0 amide bonds. The van der Waals surface area contributed by atoms with E-state index in [-0.39, 0.29) is 5.69 Å². The lowest BCUT2D eigenvalue weighted by atomic mass is 10.0. The number of anilines is 2. The molecule has 0 atom stereocenters. The molecule has 0 aliphatic carbocycles. The van der Waals surface area contributed by atoms with Crippen LogP contribution >= 0.6 is 23.2 Å². The van der Waals surface area contributed by atoms with Crippen molar-refractivity contribution in [3.8, 4) is 17.2 Å². The van der Waals surface area contributed by atoms with Crippen molar-refractivity contribution in [2.45, 2.75) is 0 Å². The first-order chi connectivity index (χ1) is 14.0. The quantitative estimate of drug-likeness (QED) is 0.298. The summed E-state index contributed by atoms with van der Waals surface area (Å²) in [6, 6.07) is 15.0. The van der Waals surface area contributed by atoms with E-state index in [0.717, 1.165) is 0 Å². The molecule has 0 radical (unpaired) electrons. The molecule has 1 heterocycles. The van der Waals surface area contributed by atoms with Gasteiger partial charge in [0.05, 0.1) is 21.1 Å². The number of benzene rings is 2. The number of hydrogen-bond donors (Lipinski definition) is 2. The van der Waals surface area contributed by atoms with E-state index in [0.29, 0.717) is 51.3 Å². The Hall–Kier alpha value is -3.34. The molecule has 0 unspecified atom stereocenters. The topological polar surface area (TPSA) is 104 Å². The van der Waals surface area contributed by atoms with E-state index in [9.17, 15) is 10.1 Å². The Morgan fingerprint density at radius 2 is 1.86 bits per heavy atom. The van der Waals surface area contributed by atoms with Crippen LogP contribution in [0.1, 0.15) is 5.56 Å². The summed E-state index contributed by atoms with van der Waals surface area (Å²) in [6.07, 6.45) is 1.61. The minimum Gasteiger partial charge on any atom is -0.383 e. The van der Waals surface area contributed by atoms with Gasteiger partial charge in [-0.15, -0.1) is 0 Å². The maximum absolute atomic E-state index is 11.4. The van der Waals surface area contributed by atoms with Crippen molar-refractivity contribution >= 4 is 40.4 Å². The number of nitriles is 1. The second-order valence-corrected chi connectivity index (χ2v) is 6.82. The number of hydrogen-bond acceptors (Lipinski definition) is 6. The number of nitro groups is 1. The average Bonchev–Trinajstić information content (AvgIpc) is 2.71. The number of nitro benzene ring substituents is 1. The first kappa shape index (κ1) is 20.4. The van der Waals surface area contributed by atoms with Gasteiger partial charge in [0.2, 0.25) is 0 Å². The van der Waals surface area contributed by atoms with Gasteiger partial charge in [-0.25, -0.2) is 4.98 Å². The molecule has 0 saturated carbocycles. The van der Waals surface area contributed by atoms with E-state index in [1.54, 1.807) is 48.7 Å². The van der Waals surface area contributed by atoms with E-state index >= 15 is 0 Å². The molecule has 3 rings (SSSR count). The number of nitrogens with one attached hydrogen (secondary N) is 2. The molecule has 0 saturated heterocycles. The van der Waals surface area contributed by atoms with Gasteiger partial charge in [0.1, 0.15) is 11.9 Å². The SMILES string of the molecule is N#Cc1cccnc1NCCNc1ccc([N+](=O)[O-])c(-c2ccc(Cl)cc2Cl)c1. The number of nitrogens with zero attached hydrogens (tertiary/aromatic N) is 3. The highest BCUT2D eigenvalue weighted by molar-refractivity contribution is 6.36. The minimum atomic E-state index is -0.448. The van der Waals surface area contributed by atoms with Gasteiger partial charge in [-0.3, -0.25) is 10.1 Å². The van der Waals surface area contributed by atoms with E-state index in [1.807, 2.05) is 0 Å². The smallest absolute Gasteiger partial charge is 0.277 e. The number of pyridine rings is 1. The van der Waals surface area contributed by atoms with Gasteiger partial charge in [-0.2, -0.15) is 5.26 Å². The lowest BCUT2D eigenvalue weighted by Gasteiger charge is -2.12. The summed E-state index contributed by atoms with van der Waals surface area (Å²) in [4.78, 5) is 15.1. The zero-order chi connectivity index (χ0) is 20.8. The van der Waals surface area contributed by atoms with Crippen molar-refractivity contribution in [3.63, 3.8) is 0 Å². The largest absolute Gasteiger partial charge is 0.383 e. The molecular formula is C20H15Cl2N5O2. The van der Waals surface area contributed by atoms with Crippen molar-refractivity contribution in [3.05, 3.63) is 80.5 Å². The van der Waals surface area contributed by atoms with Crippen molar-refractivity contribution in [1.82, 2.24) is 4.98 Å². The molecule has 146 valence electrons. The van der Waals surface area contributed by atoms with Crippen LogP contribution < -0.4 is 10.6 Å². The molecule has 2 N–H and O–H groups in total. The Morgan fingerprint density at radius 1 is 1.07 bits per heavy atom. The maximum atomic E-state index is 11.4. The summed E-state index contributed by atoms with van der Waals surface area (Å²) < 4.78 is 0. The monoisotopic (exact) mass is 427 g/mol. The first-order valence-corrected chi connectivity index (χ1v) is 9.32. The molecule has 0 fully saturated rings. The second-order valence-electron chi connectivity index (χ2n) is 5.98. The van der Waals surface area contributed by atoms with Crippen LogP contribution in [0, 0.1) is 21.4 Å². The van der Waals surface area contributed by atoms with E-state index in [2.05, 4.69) is 21.7 Å². The highest BCUT2D eigenvalue weighted by Crippen LogP contribution is 2.37. The van der Waals surface area contributed by atoms with Crippen LogP contribution in [-0.4, -0.2) is 23.0 Å². The van der Waals surface area contributed by atoms with Crippen LogP contribution in [0.25, 0.3) is 11.1 Å². The van der Waals surface area contributed by atoms with Crippen molar-refractivity contribution in [2.75, 3.05) is 23.7 Å². The zero-order valence-corrected chi connectivity index (χ0v) is 16.5. The third-order valence-corrected chi connectivity index (χ3v) is 4.64. The van der Waals surface area contributed by atoms with E-state index in [1.165, 1.54) is 6.07 Å². The molecule has 29 heavy (non-hydrogen) atoms. The van der Waals surface area contributed by atoms with Gasteiger partial charge >= 0.3 is 0 Å². The van der Waals surface area contributed by atoms with Crippen molar-refractivity contribution < 1.29 is 4.92 Å². The van der Waals surface area contributed by atoms with Gasteiger partial charge in [0.15, 0.2) is 0 Å². The van der Waals surface area contributed by atoms with Gasteiger partial charge in [0, 0.05) is 41.6 Å². The number of halogens is 2. The van der Waals surface area contributed by atoms with Crippen LogP contribution in [0.4, 0.5) is 17.2 Å². The van der Waals surface area contributed by atoms with Crippen LogP contribution in [0.3, 0.4) is 0 Å². The van der Waals surface area contributed by atoms with Crippen LogP contribution in [-0.2, 0) is 0 Å². The highest BCUT2D eigenvalue weighted by Gasteiger charge is 2.18. The number of rotatable bonds is 7. The third-order valence-electron chi connectivity index (χ3n) is 4.09. The molecule has 9 heteroatoms. The summed E-state index contributed by atoms with van der Waals surface area (Å²) in [5.41, 5.74) is 2.02. The predicted octanol–water partition coefficient (Wildman–Crippen LogP) is 5.36. The fraction of sp³-hybridized carbons (Fsp3) is 0.100. The van der Waals surface area contributed by atoms with Crippen LogP contribution in [0.5, 0.6) is 0 Å². The molecule has 0 spiro atoms. The summed E-state index contributed by atoms with van der Waals surface area (Å²) in [6.45, 7) is 1.01. The number of aromatic nitrogens is 1. The van der Waals surface area contributed by atoms with Gasteiger partial charge < -0.3 is 10.6 Å². The van der Waals surface area contributed by atoms with E-state index < -0.39 is 4.92 Å². The summed E-state index contributed by atoms with van der Waals surface area (Å²) >= 11 is 12.2. The maximum Gasteiger partial charge on any atom is 0.277 e. The average molecular weight is 428 g/mol. The molecule has 0 aliphatic rings. The minimum absolute atomic E-state index is 0.0509. The van der Waals surface area contributed by atoms with Gasteiger partial charge in [0.25, 0.3) is 5.69 Å². The molecule has 0 aliphatic heterocycles. The Kier molecular flexibility index (Phi) is 6.50. The standard InChI is InChI=1S/C20H15Cl2N5O2/c21-14-3-5-16(18(22)10-14)17-11-15(4-6-19(17)27(28)29)24-8-9-26-20-13(12-23)2-1-7-25-20/h1-7,10-11,24H,8-9H2,(H,25,26). The molecule has 3 aromatic rings. The molecule has 1 aromatic heterocycles. The third kappa shape index (κ3) is 4.93. The summed E-state index contributed by atoms with van der Waals surface area (Å²) in [5.74, 6) is 0.508. The Labute approximate surface area is 177 Å². The summed E-state index contributed by atoms with van der Waals surface area (Å²) in [7, 11) is 0. The fourth-order valence-corrected chi connectivity index (χ4v) is 3.26. The molecule has 0 bridgehead atoms. The molecule has 2 aromatic carbocycles.